The van der Waals surface area contributed by atoms with Crippen LogP contribution in [0.1, 0.15) is 116 Å². The number of carbonyl (C=O) groups is 6. The van der Waals surface area contributed by atoms with Crippen molar-refractivity contribution >= 4 is 64.1 Å². The number of aromatic amines is 1. The van der Waals surface area contributed by atoms with Crippen LogP contribution in [0, 0.1) is 31.6 Å². The quantitative estimate of drug-likeness (QED) is 0.0220. The number of ether oxygens (including phenoxy) is 6. The van der Waals surface area contributed by atoms with Gasteiger partial charge in [-0.05, 0) is 98.9 Å². The van der Waals surface area contributed by atoms with Crippen molar-refractivity contribution in [3.05, 3.63) is 109 Å². The molecule has 2 aromatic carbocycles. The van der Waals surface area contributed by atoms with Crippen molar-refractivity contribution in [2.24, 2.45) is 5.41 Å². The van der Waals surface area contributed by atoms with Gasteiger partial charge in [-0.25, -0.2) is 4.98 Å². The van der Waals surface area contributed by atoms with Crippen LogP contribution in [0.25, 0.3) is 16.0 Å². The van der Waals surface area contributed by atoms with Crippen LogP contribution in [0.3, 0.4) is 0 Å². The average Bonchev–Trinajstić information content (AvgIpc) is 2.59. The largest absolute Gasteiger partial charge is 0.391 e. The van der Waals surface area contributed by atoms with E-state index in [4.69, 9.17) is 33.8 Å². The van der Waals surface area contributed by atoms with Crippen molar-refractivity contribution in [2.75, 3.05) is 104 Å². The Hall–Kier alpha value is -7.03. The first-order valence-electron chi connectivity index (χ1n) is 30.1. The van der Waals surface area contributed by atoms with Gasteiger partial charge in [-0.2, -0.15) is 0 Å². The molecule has 0 aliphatic carbocycles. The third kappa shape index (κ3) is 21.9. The first-order valence-corrected chi connectivity index (χ1v) is 30.9. The van der Waals surface area contributed by atoms with Crippen LogP contribution in [0.5, 0.6) is 0 Å². The number of rotatable bonds is 36. The molecule has 2 aromatic heterocycles. The SMILES string of the molecule is Cc1cc(C)c(CNC(=O)c2cc(C3=CCN(C(=O)COCCOCCOCC(=O)CCCOCCOCCOCCC(=O)N[C@H](C(=O)N4C[C@H](O)C[C@H]4C(=O)NCc4ccc(-c5scnc5C)cc4)C(C)(C)C)CC3)cc(NC(C)C)c2C=N)c(=O)[nH]1. The molecular formula is C64H89N9O14S. The number of nitrogens with zero attached hydrogens (tertiary/aromatic N) is 3. The third-order valence-electron chi connectivity index (χ3n) is 14.8. The number of β-amino-alcohol motifs (C(OH)–C–C–N with tert-alkyl or cyclic N) is 1. The standard InChI is InChI=1S/C64H89N9O14S/c1-41(2)69-54-32-48(31-51(52(54)34-65)60(78)67-36-53-42(3)30-43(4)70-61(53)79)46-15-18-72(19-16-46)57(77)39-87-29-27-85-26-28-86-38-49(74)10-9-20-82-22-24-84-25-23-83-21-17-56(76)71-59(64(6,7)8)63(81)73-37-50(75)33-55(73)62(80)66-35-45-11-13-47(14-12-45)58-44(5)68-40-88-58/h11-15,30-32,34,40-41,50,55,59,65,69,75H,9-10,16-29,33,35-39H2,1-8H3,(H,66,80)(H,67,78)(H,70,79)(H,71,76)/t50-,55+,59-/m1/s1. The molecule has 2 aliphatic heterocycles. The van der Waals surface area contributed by atoms with E-state index in [1.165, 1.54) is 4.90 Å². The number of likely N-dealkylation sites (tertiary alicyclic amines) is 1. The van der Waals surface area contributed by atoms with E-state index in [1.807, 2.05) is 90.9 Å². The summed E-state index contributed by atoms with van der Waals surface area (Å²) in [5, 5.41) is 30.7. The predicted octanol–water partition coefficient (Wildman–Crippen LogP) is 5.44. The van der Waals surface area contributed by atoms with E-state index in [-0.39, 0.29) is 127 Å². The molecule has 24 heteroatoms. The van der Waals surface area contributed by atoms with Gasteiger partial charge in [0.2, 0.25) is 23.6 Å². The Morgan fingerprint density at radius 1 is 0.830 bits per heavy atom. The summed E-state index contributed by atoms with van der Waals surface area (Å²) < 4.78 is 33.4. The molecule has 0 unspecified atom stereocenters. The molecule has 0 bridgehead atoms. The van der Waals surface area contributed by atoms with Crippen molar-refractivity contribution in [2.45, 2.75) is 125 Å². The molecule has 7 N–H and O–H groups in total. The maximum atomic E-state index is 14.0. The lowest BCUT2D eigenvalue weighted by molar-refractivity contribution is -0.144. The van der Waals surface area contributed by atoms with Crippen LogP contribution in [-0.4, -0.2) is 190 Å². The van der Waals surface area contributed by atoms with Crippen LogP contribution < -0.4 is 26.8 Å². The van der Waals surface area contributed by atoms with Gasteiger partial charge in [0, 0.05) is 93.4 Å². The molecule has 480 valence electrons. The second-order valence-corrected chi connectivity index (χ2v) is 24.1. The number of aliphatic hydroxyl groups excluding tert-OH is 1. The number of hydrogen-bond acceptors (Lipinski definition) is 18. The van der Waals surface area contributed by atoms with Gasteiger partial charge in [0.05, 0.1) is 87.2 Å². The van der Waals surface area contributed by atoms with Gasteiger partial charge in [0.25, 0.3) is 11.5 Å². The number of amides is 5. The fraction of sp³-hybridized carbons (Fsp3) is 0.547. The van der Waals surface area contributed by atoms with Gasteiger partial charge in [0.15, 0.2) is 5.78 Å². The van der Waals surface area contributed by atoms with Gasteiger partial charge in [-0.15, -0.1) is 11.3 Å². The summed E-state index contributed by atoms with van der Waals surface area (Å²) in [7, 11) is 0. The maximum Gasteiger partial charge on any atom is 0.253 e. The van der Waals surface area contributed by atoms with Gasteiger partial charge in [-0.1, -0.05) is 51.1 Å². The summed E-state index contributed by atoms with van der Waals surface area (Å²) in [6, 6.07) is 11.5. The molecule has 4 heterocycles. The fourth-order valence-electron chi connectivity index (χ4n) is 10.1. The van der Waals surface area contributed by atoms with Crippen LogP contribution in [0.15, 0.2) is 58.8 Å². The Kier molecular flexibility index (Phi) is 28.1. The number of Topliss-reactive ketones (excluding diaryl/α,β-unsaturated/α-hetero) is 1. The number of H-pyrrole nitrogens is 1. The minimum atomic E-state index is -0.952. The molecule has 1 saturated heterocycles. The summed E-state index contributed by atoms with van der Waals surface area (Å²) in [4.78, 5) is 103. The second-order valence-electron chi connectivity index (χ2n) is 23.3. The predicted molar refractivity (Wildman–Crippen MR) is 335 cm³/mol. The molecule has 0 saturated carbocycles. The zero-order chi connectivity index (χ0) is 63.8. The molecule has 0 spiro atoms. The molecule has 23 nitrogen and oxygen atoms in total. The number of aryl methyl sites for hydroxylation is 3. The van der Waals surface area contributed by atoms with Crippen molar-refractivity contribution in [3.8, 4) is 10.4 Å². The summed E-state index contributed by atoms with van der Waals surface area (Å²) in [6.07, 6.45) is 3.68. The number of benzene rings is 2. The molecular weight excluding hydrogens is 1150 g/mol. The molecule has 2 aliphatic rings. The van der Waals surface area contributed by atoms with E-state index in [0.717, 1.165) is 50.3 Å². The summed E-state index contributed by atoms with van der Waals surface area (Å²) >= 11 is 1.56. The highest BCUT2D eigenvalue weighted by Gasteiger charge is 2.44. The Morgan fingerprint density at radius 2 is 1.49 bits per heavy atom. The number of aromatic nitrogens is 2. The van der Waals surface area contributed by atoms with E-state index in [1.54, 1.807) is 34.7 Å². The smallest absolute Gasteiger partial charge is 0.253 e. The molecule has 6 rings (SSSR count). The normalized spacial score (nSPS) is 15.5. The van der Waals surface area contributed by atoms with Crippen LogP contribution >= 0.6 is 11.3 Å². The first-order chi connectivity index (χ1) is 42.1. The number of carbonyl (C=O) groups excluding carboxylic acids is 6. The highest BCUT2D eigenvalue weighted by atomic mass is 32.1. The number of aliphatic hydroxyl groups is 1. The Bertz CT molecular complexity index is 3080. The Labute approximate surface area is 519 Å². The van der Waals surface area contributed by atoms with E-state index < -0.39 is 35.4 Å². The second kappa shape index (κ2) is 35.2. The number of thiazole rings is 1. The number of anilines is 1. The minimum absolute atomic E-state index is 0.000757. The van der Waals surface area contributed by atoms with Gasteiger partial charge in [-0.3, -0.25) is 33.6 Å². The molecule has 1 fully saturated rings. The molecule has 3 atom stereocenters. The monoisotopic (exact) mass is 1240 g/mol. The average molecular weight is 1240 g/mol. The number of ketones is 1. The number of nitrogens with one attached hydrogen (secondary N) is 6. The van der Waals surface area contributed by atoms with Crippen molar-refractivity contribution in [1.29, 1.82) is 5.41 Å². The highest BCUT2D eigenvalue weighted by molar-refractivity contribution is 7.13. The molecule has 4 aromatic rings. The van der Waals surface area contributed by atoms with Crippen LogP contribution in [0.4, 0.5) is 5.69 Å². The molecule has 0 radical (unpaired) electrons. The van der Waals surface area contributed by atoms with E-state index in [2.05, 4.69) is 31.2 Å². The van der Waals surface area contributed by atoms with Crippen molar-refractivity contribution in [3.63, 3.8) is 0 Å². The summed E-state index contributed by atoms with van der Waals surface area (Å²) in [6.45, 7) is 18.5. The molecule has 5 amide bonds. The number of pyridine rings is 1. The summed E-state index contributed by atoms with van der Waals surface area (Å²) in [5.74, 6) is -1.85. The number of hydrogen-bond donors (Lipinski definition) is 7. The van der Waals surface area contributed by atoms with Crippen molar-refractivity contribution in [1.82, 2.24) is 35.7 Å². The minimum Gasteiger partial charge on any atom is -0.391 e. The van der Waals surface area contributed by atoms with Crippen LogP contribution in [-0.2, 0) is 65.5 Å². The molecule has 88 heavy (non-hydrogen) atoms. The van der Waals surface area contributed by atoms with Crippen LogP contribution in [0.2, 0.25) is 0 Å². The fourth-order valence-corrected chi connectivity index (χ4v) is 10.9. The third-order valence-corrected chi connectivity index (χ3v) is 15.7. The summed E-state index contributed by atoms with van der Waals surface area (Å²) in [5.41, 5.74) is 8.82. The lowest BCUT2D eigenvalue weighted by atomic mass is 9.85. The maximum absolute atomic E-state index is 14.0. The van der Waals surface area contributed by atoms with E-state index >= 15 is 0 Å². The zero-order valence-electron chi connectivity index (χ0n) is 52.1. The van der Waals surface area contributed by atoms with E-state index in [9.17, 15) is 38.7 Å². The Morgan fingerprint density at radius 3 is 2.10 bits per heavy atom. The van der Waals surface area contributed by atoms with Gasteiger partial charge in [0.1, 0.15) is 25.3 Å². The topological polar surface area (TPSA) is 302 Å². The highest BCUT2D eigenvalue weighted by Crippen LogP contribution is 2.31. The zero-order valence-corrected chi connectivity index (χ0v) is 53.0. The Balaban J connectivity index is 0.753. The van der Waals surface area contributed by atoms with Gasteiger partial charge < -0.3 is 75.0 Å². The lowest BCUT2D eigenvalue weighted by Gasteiger charge is -2.35. The van der Waals surface area contributed by atoms with Crippen molar-refractivity contribution < 1.29 is 62.3 Å². The first kappa shape index (κ1) is 70.1. The lowest BCUT2D eigenvalue weighted by Crippen LogP contribution is -2.57. The van der Waals surface area contributed by atoms with Gasteiger partial charge >= 0.3 is 0 Å². The van der Waals surface area contributed by atoms with E-state index in [0.29, 0.717) is 74.6 Å².